The number of benzene rings is 1. The van der Waals surface area contributed by atoms with E-state index in [2.05, 4.69) is 30.5 Å². The number of non-ortho nitro benzene ring substituents is 1. The van der Waals surface area contributed by atoms with Gasteiger partial charge in [-0.15, -0.1) is 0 Å². The zero-order chi connectivity index (χ0) is 25.9. The van der Waals surface area contributed by atoms with Crippen LogP contribution in [0.5, 0.6) is 0 Å². The molecule has 0 unspecified atom stereocenters. The van der Waals surface area contributed by atoms with Gasteiger partial charge >= 0.3 is 6.18 Å². The van der Waals surface area contributed by atoms with E-state index in [0.717, 1.165) is 43.9 Å². The number of aromatic nitrogens is 3. The van der Waals surface area contributed by atoms with Crippen molar-refractivity contribution in [2.24, 2.45) is 0 Å². The van der Waals surface area contributed by atoms with Crippen LogP contribution in [0.1, 0.15) is 37.3 Å². The molecule has 3 heterocycles. The molecule has 13 heteroatoms. The van der Waals surface area contributed by atoms with Crippen molar-refractivity contribution in [1.82, 2.24) is 15.0 Å². The van der Waals surface area contributed by atoms with Crippen LogP contribution in [0.4, 0.5) is 36.4 Å². The number of halogens is 3. The first-order valence-corrected chi connectivity index (χ1v) is 11.5. The lowest BCUT2D eigenvalue weighted by atomic mass is 10.1. The molecule has 2 aromatic heterocycles. The maximum Gasteiger partial charge on any atom is 0.416 e. The summed E-state index contributed by atoms with van der Waals surface area (Å²) in [6.07, 6.45) is -0.698. The minimum Gasteiger partial charge on any atom is -0.369 e. The predicted octanol–water partition coefficient (Wildman–Crippen LogP) is 4.56. The molecule has 3 aromatic rings. The van der Waals surface area contributed by atoms with Crippen LogP contribution >= 0.6 is 0 Å². The van der Waals surface area contributed by atoms with E-state index in [1.807, 2.05) is 6.07 Å². The van der Waals surface area contributed by atoms with Crippen molar-refractivity contribution in [1.29, 1.82) is 0 Å². The Bertz CT molecular complexity index is 1290. The summed E-state index contributed by atoms with van der Waals surface area (Å²) in [6, 6.07) is 4.38. The van der Waals surface area contributed by atoms with Gasteiger partial charge in [-0.1, -0.05) is 6.92 Å². The molecule has 0 bridgehead atoms. The monoisotopic (exact) mass is 503 g/mol. The Morgan fingerprint density at radius 2 is 1.92 bits per heavy atom. The van der Waals surface area contributed by atoms with Gasteiger partial charge in [0.25, 0.3) is 5.69 Å². The van der Waals surface area contributed by atoms with Gasteiger partial charge in [0.1, 0.15) is 11.6 Å². The van der Waals surface area contributed by atoms with Gasteiger partial charge in [0.15, 0.2) is 0 Å². The summed E-state index contributed by atoms with van der Waals surface area (Å²) in [4.78, 5) is 37.5. The van der Waals surface area contributed by atoms with Crippen LogP contribution < -0.4 is 15.5 Å². The summed E-state index contributed by atoms with van der Waals surface area (Å²) in [6.45, 7) is 3.57. The SMILES string of the molecule is CCC(=O)Nc1nc(NCCc2cc([N+](=O)[O-])cc(C(F)(F)F)c2)c2cc(N3CCCC3)ncc2n1. The second kappa shape index (κ2) is 10.3. The number of alkyl halides is 3. The molecule has 0 radical (unpaired) electrons. The van der Waals surface area contributed by atoms with Gasteiger partial charge in [-0.05, 0) is 37.0 Å². The molecule has 0 spiro atoms. The average molecular weight is 503 g/mol. The summed E-state index contributed by atoms with van der Waals surface area (Å²) in [7, 11) is 0. The Kier molecular flexibility index (Phi) is 7.17. The van der Waals surface area contributed by atoms with Crippen molar-refractivity contribution >= 4 is 40.1 Å². The van der Waals surface area contributed by atoms with E-state index in [-0.39, 0.29) is 36.8 Å². The Hall–Kier alpha value is -4.03. The van der Waals surface area contributed by atoms with Crippen LogP contribution in [0.2, 0.25) is 0 Å². The number of nitro groups is 1. The van der Waals surface area contributed by atoms with E-state index in [9.17, 15) is 28.1 Å². The third-order valence-electron chi connectivity index (χ3n) is 5.79. The number of nitro benzene ring substituents is 1. The number of hydrogen-bond donors (Lipinski definition) is 2. The van der Waals surface area contributed by atoms with Gasteiger partial charge in [0, 0.05) is 43.6 Å². The maximum atomic E-state index is 13.2. The molecular formula is C23H24F3N7O3. The van der Waals surface area contributed by atoms with Crippen molar-refractivity contribution < 1.29 is 22.9 Å². The van der Waals surface area contributed by atoms with Crippen LogP contribution in [0.25, 0.3) is 10.9 Å². The molecule has 1 aliphatic rings. The minimum atomic E-state index is -4.71. The fourth-order valence-electron chi connectivity index (χ4n) is 3.96. The molecular weight excluding hydrogens is 479 g/mol. The summed E-state index contributed by atoms with van der Waals surface area (Å²) in [5.41, 5.74) is -1.07. The second-order valence-electron chi connectivity index (χ2n) is 8.37. The lowest BCUT2D eigenvalue weighted by molar-refractivity contribution is -0.385. The number of hydrogen-bond acceptors (Lipinski definition) is 8. The predicted molar refractivity (Wildman–Crippen MR) is 128 cm³/mol. The summed E-state index contributed by atoms with van der Waals surface area (Å²) in [5.74, 6) is 0.918. The van der Waals surface area contributed by atoms with E-state index in [1.165, 1.54) is 0 Å². The zero-order valence-electron chi connectivity index (χ0n) is 19.4. The first-order valence-electron chi connectivity index (χ1n) is 11.5. The van der Waals surface area contributed by atoms with Gasteiger partial charge in [-0.2, -0.15) is 18.2 Å². The number of nitrogens with one attached hydrogen (secondary N) is 2. The first-order chi connectivity index (χ1) is 17.1. The van der Waals surface area contributed by atoms with Crippen LogP contribution in [0, 0.1) is 10.1 Å². The van der Waals surface area contributed by atoms with Gasteiger partial charge < -0.3 is 10.2 Å². The number of pyridine rings is 1. The Morgan fingerprint density at radius 3 is 2.58 bits per heavy atom. The third kappa shape index (κ3) is 5.78. The summed E-state index contributed by atoms with van der Waals surface area (Å²) >= 11 is 0. The van der Waals surface area contributed by atoms with E-state index in [4.69, 9.17) is 0 Å². The van der Waals surface area contributed by atoms with Gasteiger partial charge in [0.05, 0.1) is 22.2 Å². The van der Waals surface area contributed by atoms with Gasteiger partial charge in [-0.25, -0.2) is 9.97 Å². The lowest BCUT2D eigenvalue weighted by Crippen LogP contribution is -2.19. The standard InChI is InChI=1S/C23H24F3N7O3/c1-2-20(34)30-22-29-18-13-28-19(32-7-3-4-8-32)12-17(18)21(31-22)27-6-5-14-9-15(23(24,25)26)11-16(10-14)33(35)36/h9-13H,2-8H2,1H3,(H2,27,29,30,31,34). The third-order valence-corrected chi connectivity index (χ3v) is 5.79. The highest BCUT2D eigenvalue weighted by atomic mass is 19.4. The number of fused-ring (bicyclic) bond motifs is 1. The second-order valence-corrected chi connectivity index (χ2v) is 8.37. The molecule has 1 saturated heterocycles. The minimum absolute atomic E-state index is 0.0664. The molecule has 1 fully saturated rings. The lowest BCUT2D eigenvalue weighted by Gasteiger charge is -2.18. The van der Waals surface area contributed by atoms with Gasteiger partial charge in [0.2, 0.25) is 11.9 Å². The quantitative estimate of drug-likeness (QED) is 0.339. The molecule has 1 amide bonds. The van der Waals surface area contributed by atoms with Crippen LogP contribution in [-0.4, -0.2) is 45.4 Å². The van der Waals surface area contributed by atoms with E-state index >= 15 is 0 Å². The first kappa shape index (κ1) is 25.1. The normalized spacial score (nSPS) is 13.7. The number of carbonyl (C=O) groups excluding carboxylic acids is 1. The molecule has 1 aliphatic heterocycles. The van der Waals surface area contributed by atoms with Crippen molar-refractivity contribution in [3.8, 4) is 0 Å². The molecule has 1 aromatic carbocycles. The fourth-order valence-corrected chi connectivity index (χ4v) is 3.96. The van der Waals surface area contributed by atoms with Crippen molar-refractivity contribution in [2.75, 3.05) is 35.2 Å². The van der Waals surface area contributed by atoms with E-state index < -0.39 is 22.4 Å². The highest BCUT2D eigenvalue weighted by Gasteiger charge is 2.32. The molecule has 190 valence electrons. The molecule has 0 saturated carbocycles. The Balaban J connectivity index is 1.62. The molecule has 0 aliphatic carbocycles. The van der Waals surface area contributed by atoms with E-state index in [1.54, 1.807) is 13.1 Å². The topological polar surface area (TPSA) is 126 Å². The molecule has 10 nitrogen and oxygen atoms in total. The Morgan fingerprint density at radius 1 is 1.17 bits per heavy atom. The van der Waals surface area contributed by atoms with Crippen molar-refractivity contribution in [3.63, 3.8) is 0 Å². The summed E-state index contributed by atoms with van der Waals surface area (Å²) < 4.78 is 39.7. The van der Waals surface area contributed by atoms with Crippen LogP contribution in [-0.2, 0) is 17.4 Å². The molecule has 4 rings (SSSR count). The largest absolute Gasteiger partial charge is 0.416 e. The number of amides is 1. The maximum absolute atomic E-state index is 13.2. The number of carbonyl (C=O) groups is 1. The highest BCUT2D eigenvalue weighted by Crippen LogP contribution is 2.33. The molecule has 2 N–H and O–H groups in total. The number of nitrogens with zero attached hydrogens (tertiary/aromatic N) is 5. The van der Waals surface area contributed by atoms with Crippen LogP contribution in [0.15, 0.2) is 30.5 Å². The van der Waals surface area contributed by atoms with Crippen molar-refractivity contribution in [2.45, 2.75) is 38.8 Å². The number of anilines is 3. The Labute approximate surface area is 204 Å². The van der Waals surface area contributed by atoms with E-state index in [0.29, 0.717) is 22.8 Å². The van der Waals surface area contributed by atoms with Crippen molar-refractivity contribution in [3.05, 3.63) is 51.7 Å². The van der Waals surface area contributed by atoms with Crippen LogP contribution in [0.3, 0.4) is 0 Å². The number of rotatable bonds is 8. The van der Waals surface area contributed by atoms with Gasteiger partial charge in [-0.3, -0.25) is 20.2 Å². The molecule has 36 heavy (non-hydrogen) atoms. The smallest absolute Gasteiger partial charge is 0.369 e. The zero-order valence-corrected chi connectivity index (χ0v) is 19.4. The summed E-state index contributed by atoms with van der Waals surface area (Å²) in [5, 5.41) is 17.5. The highest BCUT2D eigenvalue weighted by molar-refractivity contribution is 5.94. The average Bonchev–Trinajstić information content (AvgIpc) is 3.38. The molecule has 0 atom stereocenters. The fraction of sp³-hybridized carbons (Fsp3) is 0.391.